The molecule has 1 unspecified atom stereocenters. The van der Waals surface area contributed by atoms with E-state index in [1.807, 2.05) is 41.3 Å². The molecule has 3 N–H and O–H groups in total. The lowest BCUT2D eigenvalue weighted by Gasteiger charge is -2.35. The number of imide groups is 2. The Labute approximate surface area is 360 Å². The molecule has 0 bridgehead atoms. The van der Waals surface area contributed by atoms with E-state index in [0.29, 0.717) is 41.6 Å². The molecule has 3 aromatic carbocycles. The van der Waals surface area contributed by atoms with E-state index >= 15 is 0 Å². The number of hydrogen-bond acceptors (Lipinski definition) is 11. The summed E-state index contributed by atoms with van der Waals surface area (Å²) < 4.78 is 25.6. The maximum absolute atomic E-state index is 13.3. The van der Waals surface area contributed by atoms with Crippen molar-refractivity contribution in [3.63, 3.8) is 0 Å². The first kappa shape index (κ1) is 42.3. The molecule has 16 heteroatoms. The highest BCUT2D eigenvalue weighted by atomic mass is 32.2. The molecule has 15 nitrogen and oxygen atoms in total. The van der Waals surface area contributed by atoms with Gasteiger partial charge in [0.05, 0.1) is 17.0 Å². The number of likely N-dealkylation sites (tertiary alicyclic amines) is 1. The van der Waals surface area contributed by atoms with Crippen molar-refractivity contribution >= 4 is 62.3 Å². The predicted molar refractivity (Wildman–Crippen MR) is 233 cm³/mol. The second-order valence-electron chi connectivity index (χ2n) is 16.3. The smallest absolute Gasteiger partial charge is 0.261 e. The molecular formula is C46H50N8O7S. The van der Waals surface area contributed by atoms with E-state index in [2.05, 4.69) is 38.2 Å². The van der Waals surface area contributed by atoms with Gasteiger partial charge in [-0.25, -0.2) is 12.9 Å². The first-order valence-electron chi connectivity index (χ1n) is 21.3. The van der Waals surface area contributed by atoms with Crippen LogP contribution in [-0.4, -0.2) is 94.3 Å². The summed E-state index contributed by atoms with van der Waals surface area (Å²) in [6.45, 7) is 2.17. The zero-order valence-electron chi connectivity index (χ0n) is 34.6. The van der Waals surface area contributed by atoms with Gasteiger partial charge in [0.25, 0.3) is 5.91 Å². The third-order valence-electron chi connectivity index (χ3n) is 12.1. The standard InChI is InChI=1S/C46H50N8O7S/c1-62(60,61)34-20-16-32(17-21-34)38-11-8-12-40-49-46(51-54(38)40)48-33-18-14-30(15-19-33)31-24-27-52(28-25-31)42(56)13-5-3-2-4-6-26-47-37-10-7-9-35-36(37)29-43(57)53(45(35)59)39-22-23-41(55)50-44(39)58/h7-12,14-21,31,39,47H,2-6,13,22-29H2,1H3,(H,48,51)(H,50,55,58). The highest BCUT2D eigenvalue weighted by molar-refractivity contribution is 7.90. The van der Waals surface area contributed by atoms with E-state index in [1.165, 1.54) is 11.8 Å². The van der Waals surface area contributed by atoms with Gasteiger partial charge in [-0.3, -0.25) is 34.2 Å². The maximum atomic E-state index is 13.3. The van der Waals surface area contributed by atoms with Gasteiger partial charge in [-0.1, -0.05) is 55.7 Å². The minimum absolute atomic E-state index is 0.00215. The van der Waals surface area contributed by atoms with Crippen LogP contribution in [0.15, 0.2) is 89.8 Å². The van der Waals surface area contributed by atoms with Gasteiger partial charge >= 0.3 is 0 Å². The molecule has 62 heavy (non-hydrogen) atoms. The number of benzene rings is 3. The number of nitrogens with one attached hydrogen (secondary N) is 3. The van der Waals surface area contributed by atoms with E-state index < -0.39 is 39.5 Å². The van der Waals surface area contributed by atoms with Crippen LogP contribution in [0, 0.1) is 0 Å². The Bertz CT molecular complexity index is 2620. The topological polar surface area (TPSA) is 192 Å². The van der Waals surface area contributed by atoms with Crippen molar-refractivity contribution < 1.29 is 32.4 Å². The zero-order chi connectivity index (χ0) is 43.4. The van der Waals surface area contributed by atoms with E-state index in [4.69, 9.17) is 0 Å². The van der Waals surface area contributed by atoms with Crippen molar-refractivity contribution in [2.24, 2.45) is 0 Å². The summed E-state index contributed by atoms with van der Waals surface area (Å²) in [5.74, 6) is -0.926. The molecule has 0 radical (unpaired) electrons. The van der Waals surface area contributed by atoms with Crippen molar-refractivity contribution in [3.8, 4) is 11.3 Å². The van der Waals surface area contributed by atoms with Crippen LogP contribution in [-0.2, 0) is 35.4 Å². The minimum Gasteiger partial charge on any atom is -0.385 e. The van der Waals surface area contributed by atoms with E-state index in [0.717, 1.165) is 85.6 Å². The van der Waals surface area contributed by atoms with Crippen LogP contribution < -0.4 is 16.0 Å². The maximum Gasteiger partial charge on any atom is 0.261 e. The van der Waals surface area contributed by atoms with Gasteiger partial charge < -0.3 is 15.5 Å². The Morgan fingerprint density at radius 3 is 2.31 bits per heavy atom. The molecule has 5 amide bonds. The largest absolute Gasteiger partial charge is 0.385 e. The average molecular weight is 859 g/mol. The van der Waals surface area contributed by atoms with Crippen LogP contribution in [0.1, 0.15) is 91.6 Å². The summed E-state index contributed by atoms with van der Waals surface area (Å²) in [5, 5.41) is 13.6. The lowest BCUT2D eigenvalue weighted by Crippen LogP contribution is -2.58. The third-order valence-corrected chi connectivity index (χ3v) is 13.2. The minimum atomic E-state index is -3.29. The molecule has 2 saturated heterocycles. The van der Waals surface area contributed by atoms with E-state index in [1.54, 1.807) is 40.9 Å². The summed E-state index contributed by atoms with van der Waals surface area (Å²) in [4.78, 5) is 71.3. The highest BCUT2D eigenvalue weighted by Gasteiger charge is 2.42. The fourth-order valence-corrected chi connectivity index (χ4v) is 9.29. The van der Waals surface area contributed by atoms with Crippen molar-refractivity contribution in [1.82, 2.24) is 29.7 Å². The molecule has 3 aliphatic rings. The molecule has 0 aliphatic carbocycles. The predicted octanol–water partition coefficient (Wildman–Crippen LogP) is 6.03. The summed E-state index contributed by atoms with van der Waals surface area (Å²) in [5.41, 5.74) is 6.14. The Balaban J connectivity index is 0.731. The zero-order valence-corrected chi connectivity index (χ0v) is 35.5. The molecule has 2 fully saturated rings. The SMILES string of the molecule is CS(=O)(=O)c1ccc(-c2cccc3nc(Nc4ccc(C5CCN(C(=O)CCCCCCCNc6cccc7c6CC(=O)N(C6CCC(=O)NC6=O)C7=O)CC5)cc4)nn23)cc1. The number of amides is 5. The number of sulfone groups is 1. The number of nitrogens with zero attached hydrogens (tertiary/aromatic N) is 5. The van der Waals surface area contributed by atoms with Gasteiger partial charge in [-0.15, -0.1) is 5.10 Å². The second kappa shape index (κ2) is 18.3. The van der Waals surface area contributed by atoms with Crippen LogP contribution in [0.5, 0.6) is 0 Å². The molecular weight excluding hydrogens is 809 g/mol. The Kier molecular flexibility index (Phi) is 12.5. The van der Waals surface area contributed by atoms with Crippen LogP contribution in [0.4, 0.5) is 17.3 Å². The van der Waals surface area contributed by atoms with Crippen molar-refractivity contribution in [3.05, 3.63) is 102 Å². The molecule has 322 valence electrons. The summed E-state index contributed by atoms with van der Waals surface area (Å²) in [6, 6.07) is 25.0. The van der Waals surface area contributed by atoms with Crippen LogP contribution in [0.25, 0.3) is 16.9 Å². The number of anilines is 3. The number of hydrogen-bond donors (Lipinski definition) is 3. The lowest BCUT2D eigenvalue weighted by molar-refractivity contribution is -0.143. The average Bonchev–Trinajstić information content (AvgIpc) is 3.68. The molecule has 0 spiro atoms. The Morgan fingerprint density at radius 1 is 0.839 bits per heavy atom. The Hall–Kier alpha value is -6.42. The molecule has 3 aliphatic heterocycles. The van der Waals surface area contributed by atoms with Crippen molar-refractivity contribution in [2.75, 3.05) is 36.5 Å². The molecule has 5 heterocycles. The summed E-state index contributed by atoms with van der Waals surface area (Å²) in [7, 11) is -3.29. The highest BCUT2D eigenvalue weighted by Crippen LogP contribution is 2.32. The fourth-order valence-electron chi connectivity index (χ4n) is 8.66. The first-order valence-corrected chi connectivity index (χ1v) is 23.2. The summed E-state index contributed by atoms with van der Waals surface area (Å²) in [6.07, 6.45) is 8.49. The number of aromatic nitrogens is 3. The molecule has 8 rings (SSSR count). The fraction of sp³-hybridized carbons (Fsp3) is 0.370. The monoisotopic (exact) mass is 858 g/mol. The molecule has 2 aromatic heterocycles. The first-order chi connectivity index (χ1) is 29.9. The van der Waals surface area contributed by atoms with Crippen molar-refractivity contribution in [2.45, 2.75) is 87.5 Å². The normalized spacial score (nSPS) is 17.3. The third kappa shape index (κ3) is 9.39. The van der Waals surface area contributed by atoms with E-state index in [9.17, 15) is 32.4 Å². The molecule has 0 saturated carbocycles. The molecule has 5 aromatic rings. The lowest BCUT2D eigenvalue weighted by atomic mass is 9.89. The number of unbranched alkanes of at least 4 members (excludes halogenated alkanes) is 4. The Morgan fingerprint density at radius 2 is 1.56 bits per heavy atom. The van der Waals surface area contributed by atoms with Crippen molar-refractivity contribution in [1.29, 1.82) is 0 Å². The van der Waals surface area contributed by atoms with Crippen LogP contribution in [0.2, 0.25) is 0 Å². The van der Waals surface area contributed by atoms with Gasteiger partial charge in [0.1, 0.15) is 6.04 Å². The van der Waals surface area contributed by atoms with Gasteiger partial charge in [0.15, 0.2) is 15.5 Å². The van der Waals surface area contributed by atoms with E-state index in [-0.39, 0.29) is 30.1 Å². The van der Waals surface area contributed by atoms with Gasteiger partial charge in [-0.2, -0.15) is 4.98 Å². The van der Waals surface area contributed by atoms with Gasteiger partial charge in [0, 0.05) is 61.2 Å². The van der Waals surface area contributed by atoms with Crippen LogP contribution >= 0.6 is 0 Å². The van der Waals surface area contributed by atoms with Gasteiger partial charge in [0.2, 0.25) is 29.6 Å². The van der Waals surface area contributed by atoms with Gasteiger partial charge in [-0.05, 0) is 97.7 Å². The number of pyridine rings is 1. The number of piperidine rings is 2. The number of carbonyl (C=O) groups excluding carboxylic acids is 5. The number of fused-ring (bicyclic) bond motifs is 2. The number of carbonyl (C=O) groups is 5. The summed E-state index contributed by atoms with van der Waals surface area (Å²) >= 11 is 0. The quantitative estimate of drug-likeness (QED) is 0.0823. The van der Waals surface area contributed by atoms with Crippen LogP contribution in [0.3, 0.4) is 0 Å². The molecule has 1 atom stereocenters. The number of rotatable bonds is 15. The second-order valence-corrected chi connectivity index (χ2v) is 18.3.